The third kappa shape index (κ3) is 2.20. The lowest BCUT2D eigenvalue weighted by molar-refractivity contribution is 1.01. The van der Waals surface area contributed by atoms with Crippen LogP contribution in [0.5, 0.6) is 0 Å². The Labute approximate surface area is 169 Å². The summed E-state index contributed by atoms with van der Waals surface area (Å²) >= 11 is 0. The molecule has 138 valence electrons. The molecule has 6 aromatic rings. The highest BCUT2D eigenvalue weighted by Gasteiger charge is 2.19. The maximum atomic E-state index is 5.18. The van der Waals surface area contributed by atoms with Gasteiger partial charge in [-0.1, -0.05) is 72.8 Å². The molecule has 0 unspecified atom stereocenters. The summed E-state index contributed by atoms with van der Waals surface area (Å²) in [6.07, 6.45) is 0. The number of hydrogen-bond acceptors (Lipinski definition) is 1. The predicted octanol–water partition coefficient (Wildman–Crippen LogP) is 7.01. The lowest BCUT2D eigenvalue weighted by Gasteiger charge is -2.13. The van der Waals surface area contributed by atoms with Crippen molar-refractivity contribution in [3.05, 3.63) is 90.5 Å². The van der Waals surface area contributed by atoms with E-state index in [-0.39, 0.29) is 0 Å². The minimum atomic E-state index is 1.04. The van der Waals surface area contributed by atoms with Gasteiger partial charge in [0.1, 0.15) is 0 Å². The summed E-state index contributed by atoms with van der Waals surface area (Å²) in [5.41, 5.74) is 7.01. The van der Waals surface area contributed by atoms with Crippen LogP contribution in [0.15, 0.2) is 84.9 Å². The van der Waals surface area contributed by atoms with Crippen LogP contribution in [0.3, 0.4) is 0 Å². The van der Waals surface area contributed by atoms with Gasteiger partial charge in [-0.3, -0.25) is 0 Å². The zero-order valence-electron chi connectivity index (χ0n) is 16.5. The van der Waals surface area contributed by atoms with Crippen molar-refractivity contribution in [3.63, 3.8) is 0 Å². The van der Waals surface area contributed by atoms with Crippen LogP contribution in [0.2, 0.25) is 0 Å². The van der Waals surface area contributed by atoms with E-state index in [1.807, 2.05) is 0 Å². The van der Waals surface area contributed by atoms with Crippen molar-refractivity contribution in [1.82, 2.24) is 9.55 Å². The SMILES string of the molecule is Cc1c(-c2nc3ccccc3c3c4ccccc4n(C)c23)ccc2ccccc12. The van der Waals surface area contributed by atoms with Gasteiger partial charge in [0.15, 0.2) is 0 Å². The predicted molar refractivity (Wildman–Crippen MR) is 123 cm³/mol. The normalized spacial score (nSPS) is 11.8. The highest BCUT2D eigenvalue weighted by molar-refractivity contribution is 6.23. The van der Waals surface area contributed by atoms with Crippen molar-refractivity contribution in [2.75, 3.05) is 0 Å². The smallest absolute Gasteiger partial charge is 0.0955 e. The minimum Gasteiger partial charge on any atom is -0.342 e. The van der Waals surface area contributed by atoms with Gasteiger partial charge >= 0.3 is 0 Å². The van der Waals surface area contributed by atoms with Gasteiger partial charge in [-0.2, -0.15) is 0 Å². The zero-order valence-corrected chi connectivity index (χ0v) is 16.5. The van der Waals surface area contributed by atoms with Gasteiger partial charge < -0.3 is 4.57 Å². The van der Waals surface area contributed by atoms with E-state index < -0.39 is 0 Å². The quantitative estimate of drug-likeness (QED) is 0.303. The second-order valence-corrected chi connectivity index (χ2v) is 7.74. The van der Waals surface area contributed by atoms with Crippen LogP contribution in [0.25, 0.3) is 54.7 Å². The van der Waals surface area contributed by atoms with Gasteiger partial charge in [-0.05, 0) is 35.4 Å². The van der Waals surface area contributed by atoms with Gasteiger partial charge in [0.25, 0.3) is 0 Å². The molecule has 4 aromatic carbocycles. The summed E-state index contributed by atoms with van der Waals surface area (Å²) < 4.78 is 2.30. The van der Waals surface area contributed by atoms with E-state index in [9.17, 15) is 0 Å². The Hall–Kier alpha value is -3.65. The van der Waals surface area contributed by atoms with Gasteiger partial charge in [-0.25, -0.2) is 4.98 Å². The van der Waals surface area contributed by atoms with Crippen LogP contribution in [-0.2, 0) is 7.05 Å². The van der Waals surface area contributed by atoms with Gasteiger partial charge in [0.05, 0.1) is 16.7 Å². The first-order valence-corrected chi connectivity index (χ1v) is 9.98. The number of para-hydroxylation sites is 2. The van der Waals surface area contributed by atoms with E-state index in [4.69, 9.17) is 4.98 Å². The Kier molecular flexibility index (Phi) is 3.33. The van der Waals surface area contributed by atoms with Crippen LogP contribution in [0.4, 0.5) is 0 Å². The molecule has 0 aliphatic rings. The fourth-order valence-corrected chi connectivity index (χ4v) is 4.77. The molecule has 0 aliphatic heterocycles. The largest absolute Gasteiger partial charge is 0.342 e. The molecule has 0 aliphatic carbocycles. The summed E-state index contributed by atoms with van der Waals surface area (Å²) in [4.78, 5) is 5.18. The molecule has 0 atom stereocenters. The van der Waals surface area contributed by atoms with Crippen molar-refractivity contribution in [3.8, 4) is 11.3 Å². The van der Waals surface area contributed by atoms with Crippen LogP contribution in [0, 0.1) is 6.92 Å². The molecule has 0 saturated carbocycles. The van der Waals surface area contributed by atoms with Crippen LogP contribution < -0.4 is 0 Å². The van der Waals surface area contributed by atoms with Crippen molar-refractivity contribution >= 4 is 43.5 Å². The van der Waals surface area contributed by atoms with Crippen LogP contribution >= 0.6 is 0 Å². The molecular formula is C27H20N2. The van der Waals surface area contributed by atoms with Crippen molar-refractivity contribution in [2.45, 2.75) is 6.92 Å². The fraction of sp³-hybridized carbons (Fsp3) is 0.0741. The van der Waals surface area contributed by atoms with E-state index >= 15 is 0 Å². The molecule has 2 nitrogen and oxygen atoms in total. The van der Waals surface area contributed by atoms with E-state index in [1.165, 1.54) is 49.1 Å². The number of pyridine rings is 1. The summed E-state index contributed by atoms with van der Waals surface area (Å²) in [6, 6.07) is 30.2. The maximum Gasteiger partial charge on any atom is 0.0955 e. The van der Waals surface area contributed by atoms with E-state index in [0.717, 1.165) is 11.2 Å². The van der Waals surface area contributed by atoms with Gasteiger partial charge in [0.2, 0.25) is 0 Å². The Balaban J connectivity index is 1.86. The first kappa shape index (κ1) is 16.3. The highest BCUT2D eigenvalue weighted by atomic mass is 15.0. The molecule has 0 N–H and O–H groups in total. The third-order valence-corrected chi connectivity index (χ3v) is 6.19. The number of fused-ring (bicyclic) bond motifs is 6. The average molecular weight is 372 g/mol. The Morgan fingerprint density at radius 2 is 1.38 bits per heavy atom. The van der Waals surface area contributed by atoms with Crippen molar-refractivity contribution < 1.29 is 0 Å². The molecule has 6 rings (SSSR count). The molecule has 2 heterocycles. The number of aromatic nitrogens is 2. The molecule has 0 fully saturated rings. The van der Waals surface area contributed by atoms with Crippen molar-refractivity contribution in [1.29, 1.82) is 0 Å². The monoisotopic (exact) mass is 372 g/mol. The summed E-state index contributed by atoms with van der Waals surface area (Å²) in [7, 11) is 2.15. The lowest BCUT2D eigenvalue weighted by atomic mass is 9.96. The minimum absolute atomic E-state index is 1.04. The molecule has 0 bridgehead atoms. The molecule has 2 aromatic heterocycles. The molecule has 2 heteroatoms. The molecule has 0 spiro atoms. The number of rotatable bonds is 1. The number of hydrogen-bond donors (Lipinski definition) is 0. The Bertz CT molecular complexity index is 1570. The molecular weight excluding hydrogens is 352 g/mol. The molecule has 29 heavy (non-hydrogen) atoms. The number of benzene rings is 4. The van der Waals surface area contributed by atoms with E-state index in [2.05, 4.69) is 103 Å². The third-order valence-electron chi connectivity index (χ3n) is 6.19. The average Bonchev–Trinajstić information content (AvgIpc) is 3.07. The standard InChI is InChI=1S/C27H20N2/c1-17-19-10-4-3-9-18(19)15-16-20(17)26-27-25(21-11-5-7-13-23(21)28-26)22-12-6-8-14-24(22)29(27)2/h3-16H,1-2H3. The Morgan fingerprint density at radius 3 is 2.24 bits per heavy atom. The van der Waals surface area contributed by atoms with Gasteiger partial charge in [0, 0.05) is 34.3 Å². The second-order valence-electron chi connectivity index (χ2n) is 7.74. The van der Waals surface area contributed by atoms with E-state index in [1.54, 1.807) is 0 Å². The first-order valence-electron chi connectivity index (χ1n) is 9.98. The van der Waals surface area contributed by atoms with E-state index in [0.29, 0.717) is 0 Å². The zero-order chi connectivity index (χ0) is 19.5. The van der Waals surface area contributed by atoms with Crippen LogP contribution in [-0.4, -0.2) is 9.55 Å². The molecule has 0 saturated heterocycles. The summed E-state index contributed by atoms with van der Waals surface area (Å²) in [5, 5.41) is 6.33. The lowest BCUT2D eigenvalue weighted by Crippen LogP contribution is -1.96. The highest BCUT2D eigenvalue weighted by Crippen LogP contribution is 2.40. The first-order chi connectivity index (χ1) is 14.2. The molecule has 0 radical (unpaired) electrons. The summed E-state index contributed by atoms with van der Waals surface area (Å²) in [5.74, 6) is 0. The Morgan fingerprint density at radius 1 is 0.690 bits per heavy atom. The number of aryl methyl sites for hydroxylation is 2. The van der Waals surface area contributed by atoms with Crippen LogP contribution in [0.1, 0.15) is 5.56 Å². The molecule has 0 amide bonds. The van der Waals surface area contributed by atoms with Gasteiger partial charge in [-0.15, -0.1) is 0 Å². The van der Waals surface area contributed by atoms with Crippen molar-refractivity contribution in [2.24, 2.45) is 7.05 Å². The fourth-order valence-electron chi connectivity index (χ4n) is 4.77. The topological polar surface area (TPSA) is 17.8 Å². The number of nitrogens with zero attached hydrogens (tertiary/aromatic N) is 2. The summed E-state index contributed by atoms with van der Waals surface area (Å²) in [6.45, 7) is 2.21. The second kappa shape index (κ2) is 5.92. The maximum absolute atomic E-state index is 5.18.